The predicted octanol–water partition coefficient (Wildman–Crippen LogP) is 3.19. The SMILES string of the molecule is COC(=O)[C@@H](CC(=O)[C@@H](C)c1ccccc1)C(C)C. The van der Waals surface area contributed by atoms with Crippen molar-refractivity contribution in [2.75, 3.05) is 7.11 Å². The normalized spacial score (nSPS) is 13.9. The van der Waals surface area contributed by atoms with Gasteiger partial charge in [-0.3, -0.25) is 9.59 Å². The van der Waals surface area contributed by atoms with Gasteiger partial charge in [-0.1, -0.05) is 51.1 Å². The molecule has 3 heteroatoms. The molecule has 19 heavy (non-hydrogen) atoms. The van der Waals surface area contributed by atoms with Crippen LogP contribution in [-0.2, 0) is 14.3 Å². The van der Waals surface area contributed by atoms with Crippen LogP contribution in [0.15, 0.2) is 30.3 Å². The Morgan fingerprint density at radius 3 is 2.16 bits per heavy atom. The standard InChI is InChI=1S/C16H22O3/c1-11(2)14(16(18)19-4)10-15(17)12(3)13-8-6-5-7-9-13/h5-9,11-12,14H,10H2,1-4H3/t12-,14-/m0/s1. The van der Waals surface area contributed by atoms with Crippen LogP contribution in [0.3, 0.4) is 0 Å². The Kier molecular flexibility index (Phi) is 5.74. The van der Waals surface area contributed by atoms with Gasteiger partial charge in [0.1, 0.15) is 5.78 Å². The van der Waals surface area contributed by atoms with E-state index in [0.29, 0.717) is 0 Å². The Morgan fingerprint density at radius 2 is 1.68 bits per heavy atom. The fourth-order valence-corrected chi connectivity index (χ4v) is 2.06. The van der Waals surface area contributed by atoms with Crippen LogP contribution < -0.4 is 0 Å². The average molecular weight is 262 g/mol. The monoisotopic (exact) mass is 262 g/mol. The Bertz CT molecular complexity index is 423. The Labute approximate surface area is 115 Å². The molecule has 0 bridgehead atoms. The maximum atomic E-state index is 12.3. The molecule has 0 saturated heterocycles. The van der Waals surface area contributed by atoms with Crippen LogP contribution in [0, 0.1) is 11.8 Å². The number of esters is 1. The first-order valence-electron chi connectivity index (χ1n) is 6.62. The van der Waals surface area contributed by atoms with Crippen molar-refractivity contribution < 1.29 is 14.3 Å². The van der Waals surface area contributed by atoms with Crippen molar-refractivity contribution in [1.82, 2.24) is 0 Å². The molecule has 0 spiro atoms. The Balaban J connectivity index is 2.75. The van der Waals surface area contributed by atoms with Crippen molar-refractivity contribution in [3.05, 3.63) is 35.9 Å². The summed E-state index contributed by atoms with van der Waals surface area (Å²) in [6.45, 7) is 5.75. The molecule has 3 nitrogen and oxygen atoms in total. The van der Waals surface area contributed by atoms with Gasteiger partial charge in [-0.2, -0.15) is 0 Å². The number of rotatable bonds is 6. The van der Waals surface area contributed by atoms with Gasteiger partial charge in [-0.05, 0) is 11.5 Å². The van der Waals surface area contributed by atoms with Gasteiger partial charge in [-0.15, -0.1) is 0 Å². The smallest absolute Gasteiger partial charge is 0.309 e. The van der Waals surface area contributed by atoms with Crippen LogP contribution in [0.2, 0.25) is 0 Å². The lowest BCUT2D eigenvalue weighted by atomic mass is 9.85. The molecule has 0 aliphatic heterocycles. The number of hydrogen-bond acceptors (Lipinski definition) is 3. The molecule has 1 aromatic rings. The minimum Gasteiger partial charge on any atom is -0.469 e. The largest absolute Gasteiger partial charge is 0.469 e. The summed E-state index contributed by atoms with van der Waals surface area (Å²) in [5.41, 5.74) is 0.986. The summed E-state index contributed by atoms with van der Waals surface area (Å²) in [5.74, 6) is -0.672. The summed E-state index contributed by atoms with van der Waals surface area (Å²) in [7, 11) is 1.36. The lowest BCUT2D eigenvalue weighted by Crippen LogP contribution is -2.26. The minimum absolute atomic E-state index is 0.0790. The highest BCUT2D eigenvalue weighted by molar-refractivity contribution is 5.89. The number of ketones is 1. The molecule has 0 heterocycles. The van der Waals surface area contributed by atoms with E-state index >= 15 is 0 Å². The van der Waals surface area contributed by atoms with E-state index in [0.717, 1.165) is 5.56 Å². The number of carbonyl (C=O) groups excluding carboxylic acids is 2. The lowest BCUT2D eigenvalue weighted by Gasteiger charge is -2.19. The molecule has 0 aliphatic carbocycles. The maximum Gasteiger partial charge on any atom is 0.309 e. The molecule has 0 radical (unpaired) electrons. The molecule has 0 aliphatic rings. The van der Waals surface area contributed by atoms with Gasteiger partial charge in [0.15, 0.2) is 0 Å². The number of methoxy groups -OCH3 is 1. The van der Waals surface area contributed by atoms with E-state index in [1.54, 1.807) is 0 Å². The van der Waals surface area contributed by atoms with Crippen LogP contribution in [0.25, 0.3) is 0 Å². The first-order chi connectivity index (χ1) is 8.97. The fraction of sp³-hybridized carbons (Fsp3) is 0.500. The molecule has 1 aromatic carbocycles. The van der Waals surface area contributed by atoms with Crippen molar-refractivity contribution in [3.63, 3.8) is 0 Å². The predicted molar refractivity (Wildman–Crippen MR) is 74.8 cm³/mol. The number of hydrogen-bond donors (Lipinski definition) is 0. The van der Waals surface area contributed by atoms with Crippen molar-refractivity contribution in [2.45, 2.75) is 33.1 Å². The molecule has 0 fully saturated rings. The van der Waals surface area contributed by atoms with Crippen LogP contribution in [0.1, 0.15) is 38.7 Å². The minimum atomic E-state index is -0.358. The Hall–Kier alpha value is -1.64. The van der Waals surface area contributed by atoms with Crippen LogP contribution in [0.4, 0.5) is 0 Å². The third-order valence-corrected chi connectivity index (χ3v) is 3.51. The highest BCUT2D eigenvalue weighted by Crippen LogP contribution is 2.24. The summed E-state index contributed by atoms with van der Waals surface area (Å²) in [5, 5.41) is 0. The first kappa shape index (κ1) is 15.4. The maximum absolute atomic E-state index is 12.3. The van der Waals surface area contributed by atoms with Gasteiger partial charge >= 0.3 is 5.97 Å². The zero-order valence-electron chi connectivity index (χ0n) is 12.1. The average Bonchev–Trinajstić information content (AvgIpc) is 2.43. The number of carbonyl (C=O) groups is 2. The van der Waals surface area contributed by atoms with Gasteiger partial charge in [0.05, 0.1) is 13.0 Å². The van der Waals surface area contributed by atoms with Crippen molar-refractivity contribution in [1.29, 1.82) is 0 Å². The summed E-state index contributed by atoms with van der Waals surface area (Å²) in [6, 6.07) is 9.63. The molecule has 0 amide bonds. The highest BCUT2D eigenvalue weighted by Gasteiger charge is 2.28. The van der Waals surface area contributed by atoms with Crippen molar-refractivity contribution in [2.24, 2.45) is 11.8 Å². The molecule has 0 saturated carbocycles. The van der Waals surface area contributed by atoms with E-state index in [-0.39, 0.29) is 35.9 Å². The lowest BCUT2D eigenvalue weighted by molar-refractivity contribution is -0.149. The first-order valence-corrected chi connectivity index (χ1v) is 6.62. The molecule has 0 aromatic heterocycles. The molecule has 0 N–H and O–H groups in total. The van der Waals surface area contributed by atoms with Crippen LogP contribution in [0.5, 0.6) is 0 Å². The van der Waals surface area contributed by atoms with Crippen molar-refractivity contribution >= 4 is 11.8 Å². The topological polar surface area (TPSA) is 43.4 Å². The van der Waals surface area contributed by atoms with E-state index in [4.69, 9.17) is 4.74 Å². The van der Waals surface area contributed by atoms with Crippen molar-refractivity contribution in [3.8, 4) is 0 Å². The summed E-state index contributed by atoms with van der Waals surface area (Å²) >= 11 is 0. The van der Waals surface area contributed by atoms with E-state index in [1.807, 2.05) is 51.1 Å². The Morgan fingerprint density at radius 1 is 1.11 bits per heavy atom. The van der Waals surface area contributed by atoms with E-state index in [1.165, 1.54) is 7.11 Å². The van der Waals surface area contributed by atoms with E-state index in [2.05, 4.69) is 0 Å². The van der Waals surface area contributed by atoms with Gasteiger partial charge < -0.3 is 4.74 Å². The van der Waals surface area contributed by atoms with E-state index < -0.39 is 0 Å². The second-order valence-electron chi connectivity index (χ2n) is 5.18. The number of Topliss-reactive ketones (excluding diaryl/α,β-unsaturated/α-hetero) is 1. The van der Waals surface area contributed by atoms with Crippen LogP contribution >= 0.6 is 0 Å². The number of ether oxygens (including phenoxy) is 1. The second kappa shape index (κ2) is 7.07. The fourth-order valence-electron chi connectivity index (χ4n) is 2.06. The molecular weight excluding hydrogens is 240 g/mol. The third-order valence-electron chi connectivity index (χ3n) is 3.51. The van der Waals surface area contributed by atoms with Crippen LogP contribution in [-0.4, -0.2) is 18.9 Å². The van der Waals surface area contributed by atoms with E-state index in [9.17, 15) is 9.59 Å². The van der Waals surface area contributed by atoms with Gasteiger partial charge in [-0.25, -0.2) is 0 Å². The van der Waals surface area contributed by atoms with Gasteiger partial charge in [0, 0.05) is 12.3 Å². The third kappa shape index (κ3) is 4.19. The zero-order valence-corrected chi connectivity index (χ0v) is 12.1. The van der Waals surface area contributed by atoms with Gasteiger partial charge in [0.25, 0.3) is 0 Å². The molecular formula is C16H22O3. The summed E-state index contributed by atoms with van der Waals surface area (Å²) < 4.78 is 4.77. The zero-order chi connectivity index (χ0) is 14.4. The molecule has 0 unspecified atom stereocenters. The molecule has 104 valence electrons. The van der Waals surface area contributed by atoms with Gasteiger partial charge in [0.2, 0.25) is 0 Å². The summed E-state index contributed by atoms with van der Waals surface area (Å²) in [6.07, 6.45) is 0.237. The molecule has 1 rings (SSSR count). The number of benzene rings is 1. The summed E-state index contributed by atoms with van der Waals surface area (Å²) in [4.78, 5) is 23.9. The quantitative estimate of drug-likeness (QED) is 0.739. The highest BCUT2D eigenvalue weighted by atomic mass is 16.5. The molecule has 2 atom stereocenters. The second-order valence-corrected chi connectivity index (χ2v) is 5.18.